The largest absolute Gasteiger partial charge is 0.494 e. The van der Waals surface area contributed by atoms with Gasteiger partial charge in [-0.2, -0.15) is 5.10 Å². The van der Waals surface area contributed by atoms with E-state index in [1.54, 1.807) is 29.8 Å². The first-order valence-electron chi connectivity index (χ1n) is 18.2. The van der Waals surface area contributed by atoms with Gasteiger partial charge >= 0.3 is 5.97 Å². The van der Waals surface area contributed by atoms with Gasteiger partial charge in [0.05, 0.1) is 46.2 Å². The number of hydrogen-bond acceptors (Lipinski definition) is 6. The molecule has 55 heavy (non-hydrogen) atoms. The molecule has 0 saturated carbocycles. The second-order valence-electron chi connectivity index (χ2n) is 14.5. The Hall–Kier alpha value is -4.81. The lowest BCUT2D eigenvalue weighted by Crippen LogP contribution is -2.43. The minimum Gasteiger partial charge on any atom is -0.494 e. The summed E-state index contributed by atoms with van der Waals surface area (Å²) in [4.78, 5) is 29.5. The number of hydrogen-bond donors (Lipinski definition) is 1. The van der Waals surface area contributed by atoms with Crippen LogP contribution in [0.3, 0.4) is 0 Å². The van der Waals surface area contributed by atoms with E-state index >= 15 is 4.79 Å². The number of carbonyl (C=O) groups excluding carboxylic acids is 1. The highest BCUT2D eigenvalue weighted by Crippen LogP contribution is 2.46. The molecule has 3 aromatic heterocycles. The lowest BCUT2D eigenvalue weighted by molar-refractivity contribution is -0.0390. The Morgan fingerprint density at radius 3 is 2.38 bits per heavy atom. The summed E-state index contributed by atoms with van der Waals surface area (Å²) in [6, 6.07) is 11.3. The van der Waals surface area contributed by atoms with Gasteiger partial charge in [0.25, 0.3) is 5.91 Å². The summed E-state index contributed by atoms with van der Waals surface area (Å²) in [5, 5.41) is 17.6. The Morgan fingerprint density at radius 1 is 1.00 bits per heavy atom. The number of rotatable bonds is 12. The number of carbonyl (C=O) groups is 2. The van der Waals surface area contributed by atoms with Gasteiger partial charge in [-0.05, 0) is 100 Å². The van der Waals surface area contributed by atoms with Crippen molar-refractivity contribution in [3.05, 3.63) is 97.5 Å². The van der Waals surface area contributed by atoms with Gasteiger partial charge in [0.1, 0.15) is 18.2 Å². The van der Waals surface area contributed by atoms with Crippen molar-refractivity contribution < 1.29 is 28.9 Å². The molecule has 288 valence electrons. The zero-order valence-corrected chi connectivity index (χ0v) is 33.9. The Kier molecular flexibility index (Phi) is 10.5. The number of methoxy groups -OCH3 is 1. The summed E-state index contributed by atoms with van der Waals surface area (Å²) in [6.45, 7) is 11.0. The molecule has 13 heteroatoms. The molecule has 0 radical (unpaired) electrons. The SMILES string of the molecule is COCOCc1cc(N2C[C@@H](C)n3c(c(CCCOc4cc(C)c(Cl)c(C)c4)c4ccc(Cl)c(-c5c(C)nn(C)c5C)c43)C2=O)c2c(c1)c(C(=O)O)cn2C. The molecule has 1 aliphatic rings. The Morgan fingerprint density at radius 2 is 1.73 bits per heavy atom. The molecule has 4 heterocycles. The number of nitrogens with zero attached hydrogens (tertiary/aromatic N) is 5. The third kappa shape index (κ3) is 6.67. The molecule has 0 unspecified atom stereocenters. The van der Waals surface area contributed by atoms with Crippen LogP contribution in [0.4, 0.5) is 5.69 Å². The highest BCUT2D eigenvalue weighted by Gasteiger charge is 2.38. The van der Waals surface area contributed by atoms with Crippen molar-refractivity contribution in [2.75, 3.05) is 32.0 Å². The van der Waals surface area contributed by atoms with Crippen LogP contribution in [-0.2, 0) is 36.6 Å². The van der Waals surface area contributed by atoms with Crippen LogP contribution in [0.2, 0.25) is 10.0 Å². The van der Waals surface area contributed by atoms with Gasteiger partial charge in [0.2, 0.25) is 0 Å². The molecular formula is C42H45Cl2N5O6. The van der Waals surface area contributed by atoms with Crippen molar-refractivity contribution in [1.29, 1.82) is 0 Å². The molecule has 0 spiro atoms. The molecule has 1 amide bonds. The van der Waals surface area contributed by atoms with Crippen LogP contribution in [0, 0.1) is 27.7 Å². The summed E-state index contributed by atoms with van der Waals surface area (Å²) in [5.41, 5.74) is 9.98. The molecule has 7 rings (SSSR count). The fraction of sp³-hybridized carbons (Fsp3) is 0.357. The maximum Gasteiger partial charge on any atom is 0.337 e. The first-order chi connectivity index (χ1) is 26.2. The summed E-state index contributed by atoms with van der Waals surface area (Å²) >= 11 is 13.5. The average molecular weight is 787 g/mol. The van der Waals surface area contributed by atoms with Crippen molar-refractivity contribution in [1.82, 2.24) is 18.9 Å². The Bertz CT molecular complexity index is 2490. The van der Waals surface area contributed by atoms with Crippen molar-refractivity contribution in [3.63, 3.8) is 0 Å². The molecule has 1 aliphatic heterocycles. The molecular weight excluding hydrogens is 741 g/mol. The molecule has 0 bridgehead atoms. The lowest BCUT2D eigenvalue weighted by atomic mass is 9.98. The topological polar surface area (TPSA) is 113 Å². The minimum atomic E-state index is -1.05. The normalized spacial score (nSPS) is 14.4. The van der Waals surface area contributed by atoms with Gasteiger partial charge in [0.15, 0.2) is 0 Å². The number of aromatic nitrogens is 4. The van der Waals surface area contributed by atoms with E-state index in [9.17, 15) is 9.90 Å². The fourth-order valence-electron chi connectivity index (χ4n) is 8.22. The number of benzene rings is 3. The molecule has 11 nitrogen and oxygen atoms in total. The Balaban J connectivity index is 1.39. The molecule has 1 N–H and O–H groups in total. The smallest absolute Gasteiger partial charge is 0.337 e. The first kappa shape index (κ1) is 38.5. The summed E-state index contributed by atoms with van der Waals surface area (Å²) < 4.78 is 22.8. The predicted molar refractivity (Wildman–Crippen MR) is 216 cm³/mol. The zero-order valence-electron chi connectivity index (χ0n) is 32.3. The van der Waals surface area contributed by atoms with Crippen LogP contribution in [-0.4, -0.2) is 63.0 Å². The third-order valence-electron chi connectivity index (χ3n) is 10.7. The summed E-state index contributed by atoms with van der Waals surface area (Å²) in [5.74, 6) is -0.494. The van der Waals surface area contributed by atoms with Gasteiger partial charge in [-0.15, -0.1) is 0 Å². The average Bonchev–Trinajstić information content (AvgIpc) is 3.74. The van der Waals surface area contributed by atoms with Crippen LogP contribution in [0.5, 0.6) is 5.75 Å². The lowest BCUT2D eigenvalue weighted by Gasteiger charge is -2.35. The maximum absolute atomic E-state index is 15.3. The molecule has 3 aromatic carbocycles. The van der Waals surface area contributed by atoms with E-state index in [4.69, 9.17) is 42.5 Å². The van der Waals surface area contributed by atoms with Gasteiger partial charge in [-0.25, -0.2) is 4.79 Å². The van der Waals surface area contributed by atoms with Crippen molar-refractivity contribution in [2.24, 2.45) is 14.1 Å². The van der Waals surface area contributed by atoms with E-state index in [-0.39, 0.29) is 30.9 Å². The third-order valence-corrected chi connectivity index (χ3v) is 11.6. The molecule has 0 aliphatic carbocycles. The number of ether oxygens (including phenoxy) is 3. The number of halogens is 2. The van der Waals surface area contributed by atoms with Gasteiger partial charge in [-0.1, -0.05) is 29.3 Å². The van der Waals surface area contributed by atoms with Gasteiger partial charge in [0, 0.05) is 72.6 Å². The summed E-state index contributed by atoms with van der Waals surface area (Å²) in [6.07, 6.45) is 2.78. The van der Waals surface area contributed by atoms with Crippen LogP contribution in [0.1, 0.15) is 73.9 Å². The standard InChI is InChI=1S/C42H45Cl2N5O6/c1-22-14-28(15-23(2)37(22)44)55-13-9-10-29-30-11-12-33(43)36(35-25(4)45-47(7)26(35)5)39(30)49-24(3)18-48(41(50)40(29)49)34-17-27(20-54-21-53-8)16-31-32(42(51)52)19-46(6)38(31)34/h11-12,14-17,19,24H,9-10,13,18,20-21H2,1-8H3,(H,51,52)/t24-/m1/s1. The molecule has 6 aromatic rings. The molecule has 0 fully saturated rings. The van der Waals surface area contributed by atoms with Crippen molar-refractivity contribution in [3.8, 4) is 16.9 Å². The Labute approximate surface area is 329 Å². The number of carboxylic acids is 1. The quantitative estimate of drug-likeness (QED) is 0.0973. The number of aromatic carboxylic acids is 1. The molecule has 0 saturated heterocycles. The summed E-state index contributed by atoms with van der Waals surface area (Å²) in [7, 11) is 5.26. The van der Waals surface area contributed by atoms with E-state index < -0.39 is 5.97 Å². The predicted octanol–water partition coefficient (Wildman–Crippen LogP) is 9.13. The van der Waals surface area contributed by atoms with Gasteiger partial charge < -0.3 is 33.4 Å². The van der Waals surface area contributed by atoms with Crippen molar-refractivity contribution >= 4 is 62.6 Å². The number of anilines is 1. The van der Waals surface area contributed by atoms with Crippen LogP contribution in [0.15, 0.2) is 42.6 Å². The maximum atomic E-state index is 15.3. The molecule has 1 atom stereocenters. The monoisotopic (exact) mass is 785 g/mol. The van der Waals surface area contributed by atoms with Crippen molar-refractivity contribution in [2.45, 2.75) is 60.1 Å². The van der Waals surface area contributed by atoms with Crippen LogP contribution >= 0.6 is 23.2 Å². The van der Waals surface area contributed by atoms with Crippen LogP contribution < -0.4 is 9.64 Å². The number of aryl methyl sites for hydroxylation is 6. The number of carboxylic acid groups (broad SMARTS) is 1. The fourth-order valence-corrected chi connectivity index (χ4v) is 8.58. The first-order valence-corrected chi connectivity index (χ1v) is 19.0. The second-order valence-corrected chi connectivity index (χ2v) is 15.3. The zero-order chi connectivity index (χ0) is 39.5. The van der Waals surface area contributed by atoms with E-state index in [2.05, 4.69) is 11.5 Å². The minimum absolute atomic E-state index is 0.0683. The van der Waals surface area contributed by atoms with Gasteiger partial charge in [-0.3, -0.25) is 9.48 Å². The second kappa shape index (κ2) is 15.0. The number of fused-ring (bicyclic) bond motifs is 4. The van der Waals surface area contributed by atoms with Crippen LogP contribution in [0.25, 0.3) is 32.9 Å². The van der Waals surface area contributed by atoms with E-state index in [0.29, 0.717) is 53.3 Å². The van der Waals surface area contributed by atoms with E-state index in [1.807, 2.05) is 75.8 Å². The number of amides is 1. The highest BCUT2D eigenvalue weighted by molar-refractivity contribution is 6.35. The van der Waals surface area contributed by atoms with E-state index in [1.165, 1.54) is 0 Å². The van der Waals surface area contributed by atoms with E-state index in [0.717, 1.165) is 66.4 Å². The highest BCUT2D eigenvalue weighted by atomic mass is 35.5.